The summed E-state index contributed by atoms with van der Waals surface area (Å²) in [6.07, 6.45) is 1.02. The minimum absolute atomic E-state index is 0.0662. The lowest BCUT2D eigenvalue weighted by molar-refractivity contribution is -0.119. The van der Waals surface area contributed by atoms with E-state index in [1.165, 1.54) is 24.6 Å². The van der Waals surface area contributed by atoms with E-state index in [1.807, 2.05) is 0 Å². The molecule has 0 aliphatic carbocycles. The first-order valence-electron chi connectivity index (χ1n) is 9.21. The zero-order valence-electron chi connectivity index (χ0n) is 16.4. The maximum Gasteiger partial charge on any atom is 0.246 e. The standard InChI is InChI=1S/C19H20N4O5S2/c1-27-13-9-12(10-14(11-13)28-2)20-19(24)16-6-4-8-23(16)30(25,26)17-7-3-5-15-18(17)22-29-21-15/h3,5,7,9-11,16H,4,6,8H2,1-2H3,(H,20,24). The molecule has 4 rings (SSSR count). The van der Waals surface area contributed by atoms with E-state index in [0.717, 1.165) is 11.7 Å². The van der Waals surface area contributed by atoms with E-state index in [4.69, 9.17) is 9.47 Å². The number of hydrogen-bond donors (Lipinski definition) is 1. The van der Waals surface area contributed by atoms with Gasteiger partial charge in [-0.1, -0.05) is 6.07 Å². The Morgan fingerprint density at radius 1 is 1.17 bits per heavy atom. The largest absolute Gasteiger partial charge is 0.497 e. The molecule has 1 aliphatic rings. The molecule has 2 aromatic carbocycles. The number of aromatic nitrogens is 2. The van der Waals surface area contributed by atoms with Crippen molar-refractivity contribution in [1.82, 2.24) is 13.1 Å². The first-order chi connectivity index (χ1) is 14.4. The molecule has 1 amide bonds. The number of fused-ring (bicyclic) bond motifs is 1. The summed E-state index contributed by atoms with van der Waals surface area (Å²) >= 11 is 0.956. The van der Waals surface area contributed by atoms with Gasteiger partial charge in [-0.25, -0.2) is 8.42 Å². The highest BCUT2D eigenvalue weighted by Gasteiger charge is 2.40. The van der Waals surface area contributed by atoms with Gasteiger partial charge in [0.25, 0.3) is 0 Å². The number of sulfonamides is 1. The Hall–Kier alpha value is -2.76. The SMILES string of the molecule is COc1cc(NC(=O)C2CCCN2S(=O)(=O)c2cccc3nsnc23)cc(OC)c1. The summed E-state index contributed by atoms with van der Waals surface area (Å²) in [5.74, 6) is 0.626. The molecule has 1 fully saturated rings. The highest BCUT2D eigenvalue weighted by molar-refractivity contribution is 7.89. The zero-order valence-corrected chi connectivity index (χ0v) is 18.0. The van der Waals surface area contributed by atoms with Crippen LogP contribution in [0.3, 0.4) is 0 Å². The van der Waals surface area contributed by atoms with Gasteiger partial charge in [-0.05, 0) is 25.0 Å². The number of carbonyl (C=O) groups excluding carboxylic acids is 1. The van der Waals surface area contributed by atoms with E-state index >= 15 is 0 Å². The van der Waals surface area contributed by atoms with Gasteiger partial charge in [0.2, 0.25) is 15.9 Å². The molecule has 11 heteroatoms. The number of nitrogens with zero attached hydrogens (tertiary/aromatic N) is 3. The monoisotopic (exact) mass is 448 g/mol. The van der Waals surface area contributed by atoms with Crippen molar-refractivity contribution < 1.29 is 22.7 Å². The number of carbonyl (C=O) groups is 1. The lowest BCUT2D eigenvalue weighted by Gasteiger charge is -2.23. The molecule has 158 valence electrons. The van der Waals surface area contributed by atoms with Gasteiger partial charge in [0.15, 0.2) is 0 Å². The predicted octanol–water partition coefficient (Wildman–Crippen LogP) is 2.50. The third kappa shape index (κ3) is 3.71. The van der Waals surface area contributed by atoms with Crippen molar-refractivity contribution in [2.24, 2.45) is 0 Å². The molecule has 0 radical (unpaired) electrons. The second-order valence-electron chi connectivity index (χ2n) is 6.75. The molecule has 1 aliphatic heterocycles. The molecule has 3 aromatic rings. The second kappa shape index (κ2) is 8.17. The summed E-state index contributed by atoms with van der Waals surface area (Å²) in [6.45, 7) is 0.260. The van der Waals surface area contributed by atoms with Crippen LogP contribution in [0.5, 0.6) is 11.5 Å². The van der Waals surface area contributed by atoms with Crippen molar-refractivity contribution >= 4 is 44.4 Å². The molecular formula is C19H20N4O5S2. The van der Waals surface area contributed by atoms with Crippen LogP contribution in [0.25, 0.3) is 11.0 Å². The Bertz CT molecular complexity index is 1170. The molecule has 1 unspecified atom stereocenters. The number of hydrogen-bond acceptors (Lipinski definition) is 8. The Morgan fingerprint density at radius 3 is 2.60 bits per heavy atom. The van der Waals surface area contributed by atoms with Gasteiger partial charge >= 0.3 is 0 Å². The molecule has 1 N–H and O–H groups in total. The van der Waals surface area contributed by atoms with E-state index in [2.05, 4.69) is 14.1 Å². The van der Waals surface area contributed by atoms with E-state index in [-0.39, 0.29) is 11.4 Å². The molecule has 9 nitrogen and oxygen atoms in total. The first kappa shape index (κ1) is 20.5. The fourth-order valence-corrected chi connectivity index (χ4v) is 5.92. The highest BCUT2D eigenvalue weighted by Crippen LogP contribution is 2.31. The maximum atomic E-state index is 13.4. The number of nitrogens with one attached hydrogen (secondary N) is 1. The summed E-state index contributed by atoms with van der Waals surface area (Å²) in [5, 5.41) is 2.79. The summed E-state index contributed by atoms with van der Waals surface area (Å²) in [6, 6.07) is 9.00. The summed E-state index contributed by atoms with van der Waals surface area (Å²) in [4.78, 5) is 13.1. The van der Waals surface area contributed by atoms with Gasteiger partial charge in [0.05, 0.1) is 25.9 Å². The van der Waals surface area contributed by atoms with E-state index < -0.39 is 22.0 Å². The normalized spacial score (nSPS) is 17.2. The fraction of sp³-hybridized carbons (Fsp3) is 0.316. The quantitative estimate of drug-likeness (QED) is 0.617. The average Bonchev–Trinajstić information content (AvgIpc) is 3.42. The number of benzene rings is 2. The third-order valence-electron chi connectivity index (χ3n) is 4.96. The van der Waals surface area contributed by atoms with Crippen LogP contribution in [0, 0.1) is 0 Å². The predicted molar refractivity (Wildman–Crippen MR) is 113 cm³/mol. The van der Waals surface area contributed by atoms with Crippen molar-refractivity contribution in [2.75, 3.05) is 26.1 Å². The lowest BCUT2D eigenvalue weighted by atomic mass is 10.2. The molecule has 0 saturated carbocycles. The second-order valence-corrected chi connectivity index (χ2v) is 9.14. The number of rotatable bonds is 6. The van der Waals surface area contributed by atoms with Crippen molar-refractivity contribution in [3.63, 3.8) is 0 Å². The molecule has 0 spiro atoms. The van der Waals surface area contributed by atoms with E-state index in [9.17, 15) is 13.2 Å². The van der Waals surface area contributed by atoms with Crippen LogP contribution < -0.4 is 14.8 Å². The smallest absolute Gasteiger partial charge is 0.246 e. The van der Waals surface area contributed by atoms with Crippen LogP contribution in [0.2, 0.25) is 0 Å². The minimum Gasteiger partial charge on any atom is -0.497 e. The molecule has 1 saturated heterocycles. The van der Waals surface area contributed by atoms with Gasteiger partial charge in [0, 0.05) is 30.4 Å². The number of methoxy groups -OCH3 is 2. The van der Waals surface area contributed by atoms with Crippen molar-refractivity contribution in [2.45, 2.75) is 23.8 Å². The van der Waals surface area contributed by atoms with Crippen LogP contribution in [0.15, 0.2) is 41.3 Å². The van der Waals surface area contributed by atoms with Crippen LogP contribution in [0.4, 0.5) is 5.69 Å². The van der Waals surface area contributed by atoms with E-state index in [0.29, 0.717) is 41.1 Å². The fourth-order valence-electron chi connectivity index (χ4n) is 3.51. The lowest BCUT2D eigenvalue weighted by Crippen LogP contribution is -2.43. The summed E-state index contributed by atoms with van der Waals surface area (Å²) in [5.41, 5.74) is 1.31. The molecule has 30 heavy (non-hydrogen) atoms. The zero-order chi connectivity index (χ0) is 21.3. The molecule has 0 bridgehead atoms. The topological polar surface area (TPSA) is 111 Å². The molecular weight excluding hydrogens is 428 g/mol. The van der Waals surface area contributed by atoms with Crippen LogP contribution in [-0.2, 0) is 14.8 Å². The Labute approximate surface area is 178 Å². The van der Waals surface area contributed by atoms with Crippen LogP contribution in [0.1, 0.15) is 12.8 Å². The van der Waals surface area contributed by atoms with Gasteiger partial charge < -0.3 is 14.8 Å². The van der Waals surface area contributed by atoms with Gasteiger partial charge in [-0.2, -0.15) is 13.1 Å². The highest BCUT2D eigenvalue weighted by atomic mass is 32.2. The van der Waals surface area contributed by atoms with E-state index in [1.54, 1.807) is 30.3 Å². The van der Waals surface area contributed by atoms with Crippen LogP contribution in [-0.4, -0.2) is 54.2 Å². The van der Waals surface area contributed by atoms with Crippen LogP contribution >= 0.6 is 11.7 Å². The number of anilines is 1. The minimum atomic E-state index is -3.92. The van der Waals surface area contributed by atoms with Crippen molar-refractivity contribution in [3.8, 4) is 11.5 Å². The molecule has 2 heterocycles. The maximum absolute atomic E-state index is 13.4. The Morgan fingerprint density at radius 2 is 1.90 bits per heavy atom. The average molecular weight is 449 g/mol. The van der Waals surface area contributed by atoms with Gasteiger partial charge in [-0.15, -0.1) is 0 Å². The number of amides is 1. The molecule has 1 aromatic heterocycles. The van der Waals surface area contributed by atoms with Crippen molar-refractivity contribution in [3.05, 3.63) is 36.4 Å². The summed E-state index contributed by atoms with van der Waals surface area (Å²) < 4.78 is 46.6. The molecule has 1 atom stereocenters. The first-order valence-corrected chi connectivity index (χ1v) is 11.4. The Balaban J connectivity index is 1.62. The number of ether oxygens (including phenoxy) is 2. The van der Waals surface area contributed by atoms with Crippen molar-refractivity contribution in [1.29, 1.82) is 0 Å². The Kier molecular flexibility index (Phi) is 5.58. The summed E-state index contributed by atoms with van der Waals surface area (Å²) in [7, 11) is -0.893. The van der Waals surface area contributed by atoms with Gasteiger partial charge in [-0.3, -0.25) is 4.79 Å². The third-order valence-corrected chi connectivity index (χ3v) is 7.44. The van der Waals surface area contributed by atoms with Gasteiger partial charge in [0.1, 0.15) is 33.5 Å².